The summed E-state index contributed by atoms with van der Waals surface area (Å²) in [5.41, 5.74) is 8.85. The largest absolute Gasteiger partial charge is 0.490 e. The molecule has 0 heterocycles. The lowest BCUT2D eigenvalue weighted by atomic mass is 9.92. The molecule has 0 aliphatic carbocycles. The van der Waals surface area contributed by atoms with E-state index in [-0.39, 0.29) is 26.4 Å². The summed E-state index contributed by atoms with van der Waals surface area (Å²) in [5, 5.41) is 26.4. The van der Waals surface area contributed by atoms with Crippen LogP contribution in [0, 0.1) is 48.4 Å². The molecule has 0 bridgehead atoms. The third-order valence-corrected chi connectivity index (χ3v) is 4.31. The zero-order chi connectivity index (χ0) is 22.2. The van der Waals surface area contributed by atoms with E-state index in [0.717, 1.165) is 16.7 Å². The molecule has 0 aliphatic heterocycles. The van der Waals surface area contributed by atoms with Crippen LogP contribution in [0.1, 0.15) is 27.8 Å². The Morgan fingerprint density at radius 2 is 1.10 bits per heavy atom. The van der Waals surface area contributed by atoms with E-state index in [9.17, 15) is 0 Å². The van der Waals surface area contributed by atoms with Crippen LogP contribution in [0.3, 0.4) is 0 Å². The fourth-order valence-corrected chi connectivity index (χ4v) is 2.83. The van der Waals surface area contributed by atoms with E-state index < -0.39 is 0 Å². The highest BCUT2D eigenvalue weighted by molar-refractivity contribution is 5.55. The smallest absolute Gasteiger partial charge is 0.286 e. The van der Waals surface area contributed by atoms with Gasteiger partial charge in [-0.05, 0) is 30.5 Å². The molecular formula is C20H26N4O6. The SMILES string of the molecule is Cc1c(COC#N)c(C)c(COC#N)c(OCCOCCOCCN)c1COC#N. The van der Waals surface area contributed by atoms with E-state index in [0.29, 0.717) is 49.8 Å². The van der Waals surface area contributed by atoms with Crippen LogP contribution in [0.15, 0.2) is 0 Å². The lowest BCUT2D eigenvalue weighted by Gasteiger charge is -2.22. The molecule has 0 aliphatic rings. The quantitative estimate of drug-likeness (QED) is 0.328. The molecule has 0 atom stereocenters. The minimum atomic E-state index is -0.0369. The summed E-state index contributed by atoms with van der Waals surface area (Å²) in [4.78, 5) is 0. The zero-order valence-corrected chi connectivity index (χ0v) is 17.2. The van der Waals surface area contributed by atoms with Crippen LogP contribution >= 0.6 is 0 Å². The van der Waals surface area contributed by atoms with Gasteiger partial charge in [-0.25, -0.2) is 0 Å². The third kappa shape index (κ3) is 7.65. The van der Waals surface area contributed by atoms with Crippen LogP contribution in [0.4, 0.5) is 0 Å². The van der Waals surface area contributed by atoms with E-state index in [1.807, 2.05) is 13.8 Å². The molecule has 2 N–H and O–H groups in total. The van der Waals surface area contributed by atoms with Crippen molar-refractivity contribution < 1.29 is 28.4 Å². The first-order valence-corrected chi connectivity index (χ1v) is 9.27. The molecular weight excluding hydrogens is 392 g/mol. The molecule has 1 aromatic carbocycles. The van der Waals surface area contributed by atoms with E-state index >= 15 is 0 Å². The second kappa shape index (κ2) is 14.7. The molecule has 0 unspecified atom stereocenters. The number of hydrogen-bond donors (Lipinski definition) is 1. The first kappa shape index (κ1) is 24.8. The van der Waals surface area contributed by atoms with Gasteiger partial charge in [-0.2, -0.15) is 15.8 Å². The summed E-state index contributed by atoms with van der Waals surface area (Å²) in [6.45, 7) is 5.92. The minimum Gasteiger partial charge on any atom is -0.490 e. The van der Waals surface area contributed by atoms with E-state index in [1.165, 1.54) is 0 Å². The molecule has 0 aromatic heterocycles. The van der Waals surface area contributed by atoms with Crippen molar-refractivity contribution in [3.05, 3.63) is 27.8 Å². The van der Waals surface area contributed by atoms with Crippen LogP contribution in [-0.2, 0) is 43.5 Å². The molecule has 162 valence electrons. The lowest BCUT2D eigenvalue weighted by Crippen LogP contribution is -2.16. The monoisotopic (exact) mass is 418 g/mol. The highest BCUT2D eigenvalue weighted by atomic mass is 16.5. The molecule has 0 fully saturated rings. The zero-order valence-electron chi connectivity index (χ0n) is 17.2. The van der Waals surface area contributed by atoms with Gasteiger partial charge in [-0.3, -0.25) is 0 Å². The van der Waals surface area contributed by atoms with Gasteiger partial charge < -0.3 is 34.2 Å². The molecule has 0 amide bonds. The number of hydrogen-bond acceptors (Lipinski definition) is 10. The number of ether oxygens (including phenoxy) is 6. The average Bonchev–Trinajstić information content (AvgIpc) is 2.74. The minimum absolute atomic E-state index is 0.0369. The van der Waals surface area contributed by atoms with Crippen molar-refractivity contribution in [2.45, 2.75) is 33.7 Å². The summed E-state index contributed by atoms with van der Waals surface area (Å²) in [6.07, 6.45) is 4.93. The standard InChI is InChI=1S/C20H26N4O6/c1-15-17(9-27-12-22)16(2)19(11-29-14-24)20(18(15)10-28-13-23)30-8-7-26-6-5-25-4-3-21/h3-11,21H2,1-2H3. The van der Waals surface area contributed by atoms with Crippen LogP contribution in [0.25, 0.3) is 0 Å². The Balaban J connectivity index is 3.05. The Morgan fingerprint density at radius 1 is 0.667 bits per heavy atom. The van der Waals surface area contributed by atoms with Crippen molar-refractivity contribution in [3.8, 4) is 24.5 Å². The fraction of sp³-hybridized carbons (Fsp3) is 0.550. The van der Waals surface area contributed by atoms with Gasteiger partial charge >= 0.3 is 0 Å². The molecule has 0 saturated carbocycles. The second-order valence-electron chi connectivity index (χ2n) is 6.02. The first-order chi connectivity index (χ1) is 14.6. The first-order valence-electron chi connectivity index (χ1n) is 9.27. The Labute approximate surface area is 176 Å². The van der Waals surface area contributed by atoms with Crippen molar-refractivity contribution >= 4 is 0 Å². The molecule has 0 saturated heterocycles. The molecule has 0 spiro atoms. The number of nitrogens with zero attached hydrogens (tertiary/aromatic N) is 3. The van der Waals surface area contributed by atoms with Gasteiger partial charge in [-0.1, -0.05) is 0 Å². The predicted octanol–water partition coefficient (Wildman–Crippen LogP) is 1.67. The Bertz CT molecular complexity index is 749. The maximum Gasteiger partial charge on any atom is 0.286 e. The van der Waals surface area contributed by atoms with Crippen molar-refractivity contribution in [1.29, 1.82) is 15.8 Å². The maximum atomic E-state index is 8.83. The van der Waals surface area contributed by atoms with Crippen LogP contribution in [0.5, 0.6) is 5.75 Å². The third-order valence-electron chi connectivity index (χ3n) is 4.31. The lowest BCUT2D eigenvalue weighted by molar-refractivity contribution is 0.0382. The summed E-state index contributed by atoms with van der Waals surface area (Å²) >= 11 is 0. The van der Waals surface area contributed by atoms with Gasteiger partial charge in [0, 0.05) is 17.7 Å². The molecule has 1 aromatic rings. The summed E-state index contributed by atoms with van der Waals surface area (Å²) < 4.78 is 31.4. The van der Waals surface area contributed by atoms with Crippen molar-refractivity contribution in [1.82, 2.24) is 0 Å². The van der Waals surface area contributed by atoms with Crippen LogP contribution < -0.4 is 10.5 Å². The van der Waals surface area contributed by atoms with E-state index in [4.69, 9.17) is 49.9 Å². The molecule has 10 heteroatoms. The molecule has 30 heavy (non-hydrogen) atoms. The highest BCUT2D eigenvalue weighted by Crippen LogP contribution is 2.35. The molecule has 0 radical (unpaired) electrons. The number of benzene rings is 1. The van der Waals surface area contributed by atoms with Gasteiger partial charge in [0.05, 0.1) is 26.4 Å². The predicted molar refractivity (Wildman–Crippen MR) is 103 cm³/mol. The summed E-state index contributed by atoms with van der Waals surface area (Å²) in [7, 11) is 0. The van der Waals surface area contributed by atoms with Gasteiger partial charge in [0.1, 0.15) is 32.2 Å². The van der Waals surface area contributed by atoms with E-state index in [1.54, 1.807) is 18.8 Å². The van der Waals surface area contributed by atoms with Gasteiger partial charge in [0.15, 0.2) is 0 Å². The van der Waals surface area contributed by atoms with E-state index in [2.05, 4.69) is 0 Å². The Kier molecular flexibility index (Phi) is 12.2. The normalized spacial score (nSPS) is 9.87. The Morgan fingerprint density at radius 3 is 1.57 bits per heavy atom. The van der Waals surface area contributed by atoms with Crippen molar-refractivity contribution in [2.75, 3.05) is 39.6 Å². The number of nitrogens with two attached hydrogens (primary N) is 1. The topological polar surface area (TPSA) is 153 Å². The van der Waals surface area contributed by atoms with Gasteiger partial charge in [0.25, 0.3) is 18.8 Å². The van der Waals surface area contributed by atoms with Crippen LogP contribution in [0.2, 0.25) is 0 Å². The van der Waals surface area contributed by atoms with Gasteiger partial charge in [0.2, 0.25) is 0 Å². The fourth-order valence-electron chi connectivity index (χ4n) is 2.83. The Hall–Kier alpha value is -3.23. The van der Waals surface area contributed by atoms with Gasteiger partial charge in [-0.15, -0.1) is 0 Å². The summed E-state index contributed by atoms with van der Waals surface area (Å²) in [5.74, 6) is 0.458. The number of rotatable bonds is 15. The average molecular weight is 418 g/mol. The number of nitriles is 3. The summed E-state index contributed by atoms with van der Waals surface area (Å²) in [6, 6.07) is 0. The second-order valence-corrected chi connectivity index (χ2v) is 6.02. The van der Waals surface area contributed by atoms with Crippen molar-refractivity contribution in [3.63, 3.8) is 0 Å². The van der Waals surface area contributed by atoms with Crippen LogP contribution in [-0.4, -0.2) is 39.6 Å². The molecule has 10 nitrogen and oxygen atoms in total. The highest BCUT2D eigenvalue weighted by Gasteiger charge is 2.22. The van der Waals surface area contributed by atoms with Crippen molar-refractivity contribution in [2.24, 2.45) is 5.73 Å². The molecule has 1 rings (SSSR count). The maximum absolute atomic E-state index is 8.83.